The molecule has 0 bridgehead atoms. The van der Waals surface area contributed by atoms with Crippen LogP contribution in [0, 0.1) is 24.0 Å². The predicted octanol–water partition coefficient (Wildman–Crippen LogP) is 3.24. The second-order valence-electron chi connectivity index (χ2n) is 5.25. The maximum Gasteiger partial charge on any atom is 0.311 e. The van der Waals surface area contributed by atoms with E-state index in [9.17, 15) is 14.9 Å². The smallest absolute Gasteiger partial charge is 0.311 e. The third-order valence-corrected chi connectivity index (χ3v) is 3.36. The number of amides is 1. The molecule has 7 heteroatoms. The van der Waals surface area contributed by atoms with E-state index in [4.69, 9.17) is 9.47 Å². The van der Waals surface area contributed by atoms with Crippen LogP contribution in [0.3, 0.4) is 0 Å². The molecule has 2 aromatic carbocycles. The third kappa shape index (κ3) is 4.22. The molecule has 0 atom stereocenters. The lowest BCUT2D eigenvalue weighted by molar-refractivity contribution is -0.385. The van der Waals surface area contributed by atoms with E-state index in [1.54, 1.807) is 13.0 Å². The zero-order valence-corrected chi connectivity index (χ0v) is 13.7. The number of carbonyl (C=O) groups is 1. The normalized spacial score (nSPS) is 10.1. The van der Waals surface area contributed by atoms with Gasteiger partial charge in [-0.2, -0.15) is 0 Å². The standard InChI is InChI=1S/C17H18N2O5/c1-11-5-4-6-13(7-11)24-10-17(20)18-14-9-16(23-3)15(19(21)22)8-12(14)2/h4-9H,10H2,1-3H3,(H,18,20). The summed E-state index contributed by atoms with van der Waals surface area (Å²) in [5.74, 6) is 0.319. The van der Waals surface area contributed by atoms with Gasteiger partial charge in [-0.25, -0.2) is 0 Å². The summed E-state index contributed by atoms with van der Waals surface area (Å²) < 4.78 is 10.4. The van der Waals surface area contributed by atoms with Crippen molar-refractivity contribution >= 4 is 17.3 Å². The Morgan fingerprint density at radius 1 is 1.25 bits per heavy atom. The van der Waals surface area contributed by atoms with Gasteiger partial charge in [0.1, 0.15) is 5.75 Å². The summed E-state index contributed by atoms with van der Waals surface area (Å²) in [7, 11) is 1.34. The molecular weight excluding hydrogens is 312 g/mol. The lowest BCUT2D eigenvalue weighted by Gasteiger charge is -2.11. The molecule has 2 aromatic rings. The molecule has 126 valence electrons. The molecule has 0 saturated heterocycles. The molecule has 0 aliphatic heterocycles. The largest absolute Gasteiger partial charge is 0.490 e. The summed E-state index contributed by atoms with van der Waals surface area (Å²) in [6.07, 6.45) is 0. The molecule has 0 radical (unpaired) electrons. The van der Waals surface area contributed by atoms with Crippen LogP contribution in [0.4, 0.5) is 11.4 Å². The Bertz CT molecular complexity index is 774. The van der Waals surface area contributed by atoms with Crippen molar-refractivity contribution in [1.82, 2.24) is 0 Å². The van der Waals surface area contributed by atoms with Gasteiger partial charge in [-0.1, -0.05) is 12.1 Å². The SMILES string of the molecule is COc1cc(NC(=O)COc2cccc(C)c2)c(C)cc1[N+](=O)[O-]. The van der Waals surface area contributed by atoms with E-state index >= 15 is 0 Å². The van der Waals surface area contributed by atoms with Crippen LogP contribution in [0.5, 0.6) is 11.5 Å². The van der Waals surface area contributed by atoms with E-state index in [0.717, 1.165) is 5.56 Å². The minimum atomic E-state index is -0.529. The van der Waals surface area contributed by atoms with Gasteiger partial charge < -0.3 is 14.8 Å². The predicted molar refractivity (Wildman–Crippen MR) is 89.7 cm³/mol. The highest BCUT2D eigenvalue weighted by molar-refractivity contribution is 5.93. The van der Waals surface area contributed by atoms with Gasteiger partial charge in [0.2, 0.25) is 0 Å². The number of benzene rings is 2. The van der Waals surface area contributed by atoms with Crippen molar-refractivity contribution in [3.05, 3.63) is 57.6 Å². The van der Waals surface area contributed by atoms with Gasteiger partial charge in [0.25, 0.3) is 5.91 Å². The highest BCUT2D eigenvalue weighted by Crippen LogP contribution is 2.32. The molecule has 7 nitrogen and oxygen atoms in total. The van der Waals surface area contributed by atoms with Crippen molar-refractivity contribution in [2.75, 3.05) is 19.0 Å². The molecule has 0 spiro atoms. The van der Waals surface area contributed by atoms with Gasteiger partial charge >= 0.3 is 5.69 Å². The summed E-state index contributed by atoms with van der Waals surface area (Å²) >= 11 is 0. The molecule has 0 fully saturated rings. The van der Waals surface area contributed by atoms with Crippen LogP contribution in [-0.2, 0) is 4.79 Å². The summed E-state index contributed by atoms with van der Waals surface area (Å²) in [6, 6.07) is 10.1. The summed E-state index contributed by atoms with van der Waals surface area (Å²) in [6.45, 7) is 3.44. The van der Waals surface area contributed by atoms with Crippen LogP contribution in [0.15, 0.2) is 36.4 Å². The lowest BCUT2D eigenvalue weighted by atomic mass is 10.1. The first-order valence-corrected chi connectivity index (χ1v) is 7.23. The Hall–Kier alpha value is -3.09. The maximum absolute atomic E-state index is 12.0. The molecule has 1 N–H and O–H groups in total. The van der Waals surface area contributed by atoms with Gasteiger partial charge in [0.15, 0.2) is 12.4 Å². The molecule has 1 amide bonds. The number of hydrogen-bond donors (Lipinski definition) is 1. The van der Waals surface area contributed by atoms with E-state index in [0.29, 0.717) is 17.0 Å². The third-order valence-electron chi connectivity index (χ3n) is 3.36. The van der Waals surface area contributed by atoms with Gasteiger partial charge in [0, 0.05) is 17.8 Å². The number of methoxy groups -OCH3 is 1. The number of nitrogens with zero attached hydrogens (tertiary/aromatic N) is 1. The highest BCUT2D eigenvalue weighted by Gasteiger charge is 2.18. The maximum atomic E-state index is 12.0. The van der Waals surface area contributed by atoms with Crippen LogP contribution < -0.4 is 14.8 Å². The molecule has 0 saturated carbocycles. The van der Waals surface area contributed by atoms with Crippen LogP contribution in [0.2, 0.25) is 0 Å². The van der Waals surface area contributed by atoms with Crippen molar-refractivity contribution < 1.29 is 19.2 Å². The number of hydrogen-bond acceptors (Lipinski definition) is 5. The number of nitro benzene ring substituents is 1. The average Bonchev–Trinajstić information content (AvgIpc) is 2.54. The van der Waals surface area contributed by atoms with Crippen molar-refractivity contribution in [1.29, 1.82) is 0 Å². The van der Waals surface area contributed by atoms with Crippen molar-refractivity contribution in [2.45, 2.75) is 13.8 Å². The number of rotatable bonds is 6. The number of nitrogens with one attached hydrogen (secondary N) is 1. The zero-order valence-electron chi connectivity index (χ0n) is 13.7. The number of aryl methyl sites for hydroxylation is 2. The number of anilines is 1. The molecule has 0 heterocycles. The van der Waals surface area contributed by atoms with Gasteiger partial charge in [0.05, 0.1) is 12.0 Å². The minimum Gasteiger partial charge on any atom is -0.490 e. The Morgan fingerprint density at radius 2 is 2.00 bits per heavy atom. The van der Waals surface area contributed by atoms with E-state index in [-0.39, 0.29) is 24.0 Å². The summed E-state index contributed by atoms with van der Waals surface area (Å²) in [5, 5.41) is 13.6. The molecule has 24 heavy (non-hydrogen) atoms. The first kappa shape index (κ1) is 17.3. The van der Waals surface area contributed by atoms with Crippen molar-refractivity contribution in [2.24, 2.45) is 0 Å². The van der Waals surface area contributed by atoms with E-state index in [1.165, 1.54) is 19.2 Å². The fraction of sp³-hybridized carbons (Fsp3) is 0.235. The quantitative estimate of drug-likeness (QED) is 0.648. The van der Waals surface area contributed by atoms with Crippen LogP contribution >= 0.6 is 0 Å². The Balaban J connectivity index is 2.07. The summed E-state index contributed by atoms with van der Waals surface area (Å²) in [5.41, 5.74) is 1.88. The molecule has 0 aliphatic carbocycles. The number of ether oxygens (including phenoxy) is 2. The fourth-order valence-electron chi connectivity index (χ4n) is 2.15. The molecule has 0 aromatic heterocycles. The van der Waals surface area contributed by atoms with Crippen LogP contribution in [0.25, 0.3) is 0 Å². The second-order valence-corrected chi connectivity index (χ2v) is 5.25. The lowest BCUT2D eigenvalue weighted by Crippen LogP contribution is -2.20. The highest BCUT2D eigenvalue weighted by atomic mass is 16.6. The Labute approximate surface area is 139 Å². The molecule has 0 aliphatic rings. The van der Waals surface area contributed by atoms with Gasteiger partial charge in [-0.3, -0.25) is 14.9 Å². The van der Waals surface area contributed by atoms with Crippen LogP contribution in [-0.4, -0.2) is 24.5 Å². The molecular formula is C17H18N2O5. The monoisotopic (exact) mass is 330 g/mol. The topological polar surface area (TPSA) is 90.7 Å². The van der Waals surface area contributed by atoms with Crippen molar-refractivity contribution in [3.63, 3.8) is 0 Å². The first-order valence-electron chi connectivity index (χ1n) is 7.23. The minimum absolute atomic E-state index is 0.0838. The average molecular weight is 330 g/mol. The number of nitro groups is 1. The second kappa shape index (κ2) is 7.45. The fourth-order valence-corrected chi connectivity index (χ4v) is 2.15. The van der Waals surface area contributed by atoms with Gasteiger partial charge in [-0.05, 0) is 37.1 Å². The van der Waals surface area contributed by atoms with Crippen molar-refractivity contribution in [3.8, 4) is 11.5 Å². The Kier molecular flexibility index (Phi) is 5.36. The van der Waals surface area contributed by atoms with E-state index in [1.807, 2.05) is 25.1 Å². The molecule has 2 rings (SSSR count). The first-order chi connectivity index (χ1) is 11.4. The Morgan fingerprint density at radius 3 is 2.62 bits per heavy atom. The van der Waals surface area contributed by atoms with Crippen LogP contribution in [0.1, 0.15) is 11.1 Å². The zero-order chi connectivity index (χ0) is 17.7. The summed E-state index contributed by atoms with van der Waals surface area (Å²) in [4.78, 5) is 22.5. The molecule has 0 unspecified atom stereocenters. The van der Waals surface area contributed by atoms with E-state index in [2.05, 4.69) is 5.32 Å². The number of carbonyl (C=O) groups excluding carboxylic acids is 1. The van der Waals surface area contributed by atoms with Gasteiger partial charge in [-0.15, -0.1) is 0 Å². The van der Waals surface area contributed by atoms with E-state index < -0.39 is 4.92 Å².